The van der Waals surface area contributed by atoms with Gasteiger partial charge in [-0.05, 0) is 30.2 Å². The third kappa shape index (κ3) is 4.06. The number of hydrogen-bond acceptors (Lipinski definition) is 4. The number of carbonyl (C=O) groups is 1. The molecule has 3 N–H and O–H groups in total. The van der Waals surface area contributed by atoms with Gasteiger partial charge in [0.25, 0.3) is 0 Å². The summed E-state index contributed by atoms with van der Waals surface area (Å²) in [6, 6.07) is 7.59. The van der Waals surface area contributed by atoms with E-state index in [0.29, 0.717) is 18.9 Å². The third-order valence-corrected chi connectivity index (χ3v) is 3.70. The van der Waals surface area contributed by atoms with Crippen LogP contribution in [-0.4, -0.2) is 17.4 Å². The highest BCUT2D eigenvalue weighted by Gasteiger charge is 2.09. The number of rotatable bonds is 5. The van der Waals surface area contributed by atoms with Gasteiger partial charge in [0.1, 0.15) is 5.01 Å². The number of amides is 1. The highest BCUT2D eigenvalue weighted by molar-refractivity contribution is 7.13. The molecule has 0 saturated carbocycles. The van der Waals surface area contributed by atoms with Crippen molar-refractivity contribution in [3.05, 3.63) is 35.3 Å². The Morgan fingerprint density at radius 2 is 2.05 bits per heavy atom. The van der Waals surface area contributed by atoms with Crippen molar-refractivity contribution in [3.63, 3.8) is 0 Å². The lowest BCUT2D eigenvalue weighted by Gasteiger charge is -2.06. The largest absolute Gasteiger partial charge is 0.399 e. The second-order valence-electron chi connectivity index (χ2n) is 5.14. The first-order valence-electron chi connectivity index (χ1n) is 6.61. The van der Waals surface area contributed by atoms with E-state index in [1.807, 2.05) is 29.6 Å². The zero-order chi connectivity index (χ0) is 14.5. The topological polar surface area (TPSA) is 68.0 Å². The molecular formula is C15H19N3OS. The van der Waals surface area contributed by atoms with Gasteiger partial charge in [-0.25, -0.2) is 4.98 Å². The molecule has 2 aromatic rings. The first-order chi connectivity index (χ1) is 9.54. The number of nitrogens with zero attached hydrogens (tertiary/aromatic N) is 1. The number of benzene rings is 1. The molecule has 5 heteroatoms. The van der Waals surface area contributed by atoms with Gasteiger partial charge >= 0.3 is 0 Å². The van der Waals surface area contributed by atoms with Crippen molar-refractivity contribution in [2.24, 2.45) is 5.92 Å². The predicted molar refractivity (Wildman–Crippen MR) is 83.5 cm³/mol. The van der Waals surface area contributed by atoms with Crippen molar-refractivity contribution >= 4 is 22.9 Å². The van der Waals surface area contributed by atoms with Crippen molar-refractivity contribution in [1.82, 2.24) is 10.3 Å². The van der Waals surface area contributed by atoms with E-state index in [2.05, 4.69) is 24.1 Å². The molecule has 1 aromatic heterocycles. The minimum Gasteiger partial charge on any atom is -0.399 e. The summed E-state index contributed by atoms with van der Waals surface area (Å²) in [6.07, 6.45) is 0.332. The molecule has 0 radical (unpaired) electrons. The first kappa shape index (κ1) is 14.5. The van der Waals surface area contributed by atoms with Crippen LogP contribution in [0.15, 0.2) is 29.6 Å². The molecule has 0 aliphatic carbocycles. The number of nitrogen functional groups attached to an aromatic ring is 1. The van der Waals surface area contributed by atoms with E-state index in [1.165, 1.54) is 0 Å². The molecule has 0 spiro atoms. The summed E-state index contributed by atoms with van der Waals surface area (Å²) in [6.45, 7) is 4.85. The van der Waals surface area contributed by atoms with Crippen LogP contribution in [0.4, 0.5) is 5.69 Å². The Morgan fingerprint density at radius 3 is 2.70 bits per heavy atom. The van der Waals surface area contributed by atoms with Crippen LogP contribution < -0.4 is 11.1 Å². The molecular weight excluding hydrogens is 270 g/mol. The number of aromatic nitrogens is 1. The smallest absolute Gasteiger partial charge is 0.226 e. The maximum absolute atomic E-state index is 11.7. The van der Waals surface area contributed by atoms with E-state index in [9.17, 15) is 4.79 Å². The van der Waals surface area contributed by atoms with Gasteiger partial charge in [-0.2, -0.15) is 0 Å². The fraction of sp³-hybridized carbons (Fsp3) is 0.333. The molecule has 1 aromatic carbocycles. The fourth-order valence-electron chi connectivity index (χ4n) is 1.69. The van der Waals surface area contributed by atoms with Crippen LogP contribution in [-0.2, 0) is 11.2 Å². The summed E-state index contributed by atoms with van der Waals surface area (Å²) in [4.78, 5) is 16.2. The summed E-state index contributed by atoms with van der Waals surface area (Å²) in [7, 11) is 0. The average Bonchev–Trinajstić information content (AvgIpc) is 2.85. The standard InChI is InChI=1S/C15H19N3OS/c1-10(2)8-17-14(19)7-13-9-20-15(18-13)11-3-5-12(16)6-4-11/h3-6,9-10H,7-8,16H2,1-2H3,(H,17,19). The predicted octanol–water partition coefficient (Wildman–Crippen LogP) is 2.71. The van der Waals surface area contributed by atoms with Crippen molar-refractivity contribution in [3.8, 4) is 10.6 Å². The molecule has 1 heterocycles. The number of nitrogens with two attached hydrogens (primary N) is 1. The van der Waals surface area contributed by atoms with E-state index in [-0.39, 0.29) is 5.91 Å². The Kier molecular flexibility index (Phi) is 4.74. The van der Waals surface area contributed by atoms with E-state index in [1.54, 1.807) is 11.3 Å². The highest BCUT2D eigenvalue weighted by Crippen LogP contribution is 2.24. The van der Waals surface area contributed by atoms with Gasteiger partial charge in [-0.3, -0.25) is 4.79 Å². The third-order valence-electron chi connectivity index (χ3n) is 2.76. The first-order valence-corrected chi connectivity index (χ1v) is 7.49. The Bertz CT molecular complexity index is 575. The van der Waals surface area contributed by atoms with Crippen molar-refractivity contribution in [1.29, 1.82) is 0 Å². The van der Waals surface area contributed by atoms with Crippen LogP contribution in [0.3, 0.4) is 0 Å². The maximum Gasteiger partial charge on any atom is 0.226 e. The molecule has 0 saturated heterocycles. The van der Waals surface area contributed by atoms with Crippen LogP contribution in [0.25, 0.3) is 10.6 Å². The molecule has 1 amide bonds. The zero-order valence-electron chi connectivity index (χ0n) is 11.7. The number of anilines is 1. The van der Waals surface area contributed by atoms with Crippen molar-refractivity contribution < 1.29 is 4.79 Å². The number of nitrogens with one attached hydrogen (secondary N) is 1. The molecule has 2 rings (SSSR count). The minimum atomic E-state index is 0.0212. The van der Waals surface area contributed by atoms with E-state index >= 15 is 0 Å². The maximum atomic E-state index is 11.7. The molecule has 0 aliphatic heterocycles. The van der Waals surface area contributed by atoms with E-state index in [4.69, 9.17) is 5.73 Å². The lowest BCUT2D eigenvalue weighted by atomic mass is 10.2. The van der Waals surface area contributed by atoms with E-state index in [0.717, 1.165) is 22.0 Å². The highest BCUT2D eigenvalue weighted by atomic mass is 32.1. The van der Waals surface area contributed by atoms with Gasteiger partial charge in [0, 0.05) is 23.2 Å². The lowest BCUT2D eigenvalue weighted by molar-refractivity contribution is -0.120. The normalized spacial score (nSPS) is 10.8. The summed E-state index contributed by atoms with van der Waals surface area (Å²) >= 11 is 1.54. The second-order valence-corrected chi connectivity index (χ2v) is 6.00. The Balaban J connectivity index is 1.98. The Hall–Kier alpha value is -1.88. The molecule has 20 heavy (non-hydrogen) atoms. The SMILES string of the molecule is CC(C)CNC(=O)Cc1csc(-c2ccc(N)cc2)n1. The molecule has 0 atom stereocenters. The van der Waals surface area contributed by atoms with Gasteiger partial charge in [0.2, 0.25) is 5.91 Å². The van der Waals surface area contributed by atoms with Gasteiger partial charge < -0.3 is 11.1 Å². The average molecular weight is 289 g/mol. The minimum absolute atomic E-state index is 0.0212. The van der Waals surface area contributed by atoms with Crippen LogP contribution in [0.1, 0.15) is 19.5 Å². The van der Waals surface area contributed by atoms with Gasteiger partial charge in [0.15, 0.2) is 0 Å². The van der Waals surface area contributed by atoms with Crippen LogP contribution in [0.5, 0.6) is 0 Å². The molecule has 0 fully saturated rings. The quantitative estimate of drug-likeness (QED) is 0.832. The van der Waals surface area contributed by atoms with Crippen LogP contribution in [0.2, 0.25) is 0 Å². The zero-order valence-corrected chi connectivity index (χ0v) is 12.5. The summed E-state index contributed by atoms with van der Waals surface area (Å²) < 4.78 is 0. The van der Waals surface area contributed by atoms with Crippen LogP contribution in [0, 0.1) is 5.92 Å². The monoisotopic (exact) mass is 289 g/mol. The number of carbonyl (C=O) groups excluding carboxylic acids is 1. The number of hydrogen-bond donors (Lipinski definition) is 2. The fourth-order valence-corrected chi connectivity index (χ4v) is 2.52. The van der Waals surface area contributed by atoms with E-state index < -0.39 is 0 Å². The second kappa shape index (κ2) is 6.52. The molecule has 0 unspecified atom stereocenters. The summed E-state index contributed by atoms with van der Waals surface area (Å²) in [5.41, 5.74) is 8.23. The molecule has 0 bridgehead atoms. The van der Waals surface area contributed by atoms with Crippen molar-refractivity contribution in [2.45, 2.75) is 20.3 Å². The Morgan fingerprint density at radius 1 is 1.35 bits per heavy atom. The molecule has 4 nitrogen and oxygen atoms in total. The van der Waals surface area contributed by atoms with Gasteiger partial charge in [-0.15, -0.1) is 11.3 Å². The van der Waals surface area contributed by atoms with Gasteiger partial charge in [-0.1, -0.05) is 13.8 Å². The molecule has 0 aliphatic rings. The van der Waals surface area contributed by atoms with Crippen LogP contribution >= 0.6 is 11.3 Å². The number of thiazole rings is 1. The van der Waals surface area contributed by atoms with Crippen molar-refractivity contribution in [2.75, 3.05) is 12.3 Å². The summed E-state index contributed by atoms with van der Waals surface area (Å²) in [5.74, 6) is 0.479. The van der Waals surface area contributed by atoms with Gasteiger partial charge in [0.05, 0.1) is 12.1 Å². The summed E-state index contributed by atoms with van der Waals surface area (Å²) in [5, 5.41) is 5.74. The lowest BCUT2D eigenvalue weighted by Crippen LogP contribution is -2.28. The molecule has 106 valence electrons. The Labute approximate surface area is 123 Å².